The Morgan fingerprint density at radius 1 is 1.27 bits per heavy atom. The van der Waals surface area contributed by atoms with Crippen LogP contribution < -0.4 is 0 Å². The van der Waals surface area contributed by atoms with Crippen molar-refractivity contribution in [2.24, 2.45) is 23.7 Å². The molecule has 0 amide bonds. The molecule has 0 bridgehead atoms. The standard InChI is InChI=1S/C15H24/c1-10(2)13-8-6-12(4)14-7-5-11(3)9-15(13)14/h7,9-10,12-13,15H,5-6,8H2,1-4H3/t12-,13+,15?/m0/s1. The average Bonchev–Trinajstić information content (AvgIpc) is 2.17. The quantitative estimate of drug-likeness (QED) is 0.548. The summed E-state index contributed by atoms with van der Waals surface area (Å²) in [5.41, 5.74) is 3.31. The molecule has 2 aliphatic carbocycles. The summed E-state index contributed by atoms with van der Waals surface area (Å²) < 4.78 is 0. The minimum absolute atomic E-state index is 0.766. The van der Waals surface area contributed by atoms with E-state index >= 15 is 0 Å². The van der Waals surface area contributed by atoms with E-state index in [9.17, 15) is 0 Å². The molecular weight excluding hydrogens is 180 g/mol. The van der Waals surface area contributed by atoms with Crippen molar-refractivity contribution in [1.29, 1.82) is 0 Å². The van der Waals surface area contributed by atoms with Crippen molar-refractivity contribution in [2.45, 2.75) is 47.0 Å². The molecule has 15 heavy (non-hydrogen) atoms. The Morgan fingerprint density at radius 2 is 2.00 bits per heavy atom. The molecule has 0 nitrogen and oxygen atoms in total. The Kier molecular flexibility index (Phi) is 3.04. The minimum atomic E-state index is 0.766. The zero-order valence-electron chi connectivity index (χ0n) is 10.6. The van der Waals surface area contributed by atoms with Gasteiger partial charge in [-0.2, -0.15) is 0 Å². The van der Waals surface area contributed by atoms with Gasteiger partial charge in [-0.3, -0.25) is 0 Å². The van der Waals surface area contributed by atoms with E-state index in [0.29, 0.717) is 0 Å². The van der Waals surface area contributed by atoms with E-state index in [0.717, 1.165) is 23.7 Å². The SMILES string of the molecule is CC1=CC2C(=CC1)[C@@H](C)CC[C@@H]2C(C)C. The van der Waals surface area contributed by atoms with Crippen LogP contribution in [0.5, 0.6) is 0 Å². The van der Waals surface area contributed by atoms with Crippen molar-refractivity contribution in [1.82, 2.24) is 0 Å². The highest BCUT2D eigenvalue weighted by Gasteiger charge is 2.34. The van der Waals surface area contributed by atoms with Crippen LogP contribution in [0.25, 0.3) is 0 Å². The molecule has 3 atom stereocenters. The first-order valence-corrected chi connectivity index (χ1v) is 6.47. The second-order valence-electron chi connectivity index (χ2n) is 5.83. The maximum Gasteiger partial charge on any atom is 0.00129 e. The van der Waals surface area contributed by atoms with Crippen molar-refractivity contribution in [2.75, 3.05) is 0 Å². The summed E-state index contributed by atoms with van der Waals surface area (Å²) in [6, 6.07) is 0. The topological polar surface area (TPSA) is 0 Å². The van der Waals surface area contributed by atoms with Gasteiger partial charge in [0.05, 0.1) is 0 Å². The number of rotatable bonds is 1. The summed E-state index contributed by atoms with van der Waals surface area (Å²) >= 11 is 0. The largest absolute Gasteiger partial charge is 0.0804 e. The summed E-state index contributed by atoms with van der Waals surface area (Å²) in [5.74, 6) is 3.31. The monoisotopic (exact) mass is 204 g/mol. The maximum absolute atomic E-state index is 2.55. The van der Waals surface area contributed by atoms with Crippen LogP contribution >= 0.6 is 0 Å². The van der Waals surface area contributed by atoms with Crippen LogP contribution in [0, 0.1) is 23.7 Å². The molecular formula is C15H24. The number of allylic oxidation sites excluding steroid dienone is 4. The molecule has 84 valence electrons. The normalized spacial score (nSPS) is 35.9. The first kappa shape index (κ1) is 11.0. The predicted molar refractivity (Wildman–Crippen MR) is 66.7 cm³/mol. The van der Waals surface area contributed by atoms with Gasteiger partial charge in [0.25, 0.3) is 0 Å². The summed E-state index contributed by atoms with van der Waals surface area (Å²) in [6.45, 7) is 9.46. The van der Waals surface area contributed by atoms with Gasteiger partial charge in [0.1, 0.15) is 0 Å². The third-order valence-corrected chi connectivity index (χ3v) is 4.33. The van der Waals surface area contributed by atoms with Crippen LogP contribution in [0.2, 0.25) is 0 Å². The second-order valence-corrected chi connectivity index (χ2v) is 5.83. The van der Waals surface area contributed by atoms with E-state index in [2.05, 4.69) is 39.8 Å². The van der Waals surface area contributed by atoms with Crippen LogP contribution in [0.15, 0.2) is 23.3 Å². The fourth-order valence-corrected chi connectivity index (χ4v) is 3.32. The molecule has 0 spiro atoms. The molecule has 0 aromatic rings. The van der Waals surface area contributed by atoms with Crippen LogP contribution in [0.4, 0.5) is 0 Å². The van der Waals surface area contributed by atoms with E-state index < -0.39 is 0 Å². The third-order valence-electron chi connectivity index (χ3n) is 4.33. The summed E-state index contributed by atoms with van der Waals surface area (Å²) in [5, 5.41) is 0. The van der Waals surface area contributed by atoms with Crippen molar-refractivity contribution in [3.8, 4) is 0 Å². The lowest BCUT2D eigenvalue weighted by atomic mass is 9.65. The Labute approximate surface area is 94.5 Å². The van der Waals surface area contributed by atoms with E-state index in [1.165, 1.54) is 19.3 Å². The molecule has 2 rings (SSSR count). The van der Waals surface area contributed by atoms with Gasteiger partial charge in [0, 0.05) is 5.92 Å². The van der Waals surface area contributed by atoms with Gasteiger partial charge in [0.15, 0.2) is 0 Å². The van der Waals surface area contributed by atoms with E-state index in [4.69, 9.17) is 0 Å². The Balaban J connectivity index is 2.26. The summed E-state index contributed by atoms with van der Waals surface area (Å²) in [4.78, 5) is 0. The maximum atomic E-state index is 2.55. The highest BCUT2D eigenvalue weighted by molar-refractivity contribution is 5.28. The molecule has 1 fully saturated rings. The summed E-state index contributed by atoms with van der Waals surface area (Å²) in [6.07, 6.45) is 9.08. The van der Waals surface area contributed by atoms with Crippen LogP contribution in [-0.2, 0) is 0 Å². The highest BCUT2D eigenvalue weighted by Crippen LogP contribution is 2.45. The zero-order chi connectivity index (χ0) is 11.0. The number of fused-ring (bicyclic) bond motifs is 1. The highest BCUT2D eigenvalue weighted by atomic mass is 14.4. The van der Waals surface area contributed by atoms with Crippen molar-refractivity contribution >= 4 is 0 Å². The lowest BCUT2D eigenvalue weighted by Crippen LogP contribution is -2.30. The van der Waals surface area contributed by atoms with E-state index in [1.807, 2.05) is 0 Å². The van der Waals surface area contributed by atoms with Gasteiger partial charge in [-0.1, -0.05) is 44.1 Å². The molecule has 0 N–H and O–H groups in total. The van der Waals surface area contributed by atoms with Gasteiger partial charge in [0.2, 0.25) is 0 Å². The van der Waals surface area contributed by atoms with Crippen molar-refractivity contribution in [3.05, 3.63) is 23.3 Å². The fourth-order valence-electron chi connectivity index (χ4n) is 3.32. The Bertz CT molecular complexity index is 293. The van der Waals surface area contributed by atoms with Crippen LogP contribution in [0.3, 0.4) is 0 Å². The predicted octanol–water partition coefficient (Wildman–Crippen LogP) is 4.58. The van der Waals surface area contributed by atoms with Crippen LogP contribution in [0.1, 0.15) is 47.0 Å². The molecule has 0 heteroatoms. The molecule has 0 aromatic carbocycles. The van der Waals surface area contributed by atoms with Gasteiger partial charge in [-0.15, -0.1) is 0 Å². The number of hydrogen-bond acceptors (Lipinski definition) is 0. The van der Waals surface area contributed by atoms with Crippen molar-refractivity contribution in [3.63, 3.8) is 0 Å². The average molecular weight is 204 g/mol. The number of hydrogen-bond donors (Lipinski definition) is 0. The third kappa shape index (κ3) is 2.04. The zero-order valence-corrected chi connectivity index (χ0v) is 10.6. The van der Waals surface area contributed by atoms with Gasteiger partial charge in [-0.05, 0) is 43.9 Å². The second kappa shape index (κ2) is 4.15. The molecule has 0 aliphatic heterocycles. The van der Waals surface area contributed by atoms with Gasteiger partial charge >= 0.3 is 0 Å². The lowest BCUT2D eigenvalue weighted by Gasteiger charge is -2.40. The molecule has 0 radical (unpaired) electrons. The molecule has 2 aliphatic rings. The molecule has 1 unspecified atom stereocenters. The molecule has 1 saturated carbocycles. The fraction of sp³-hybridized carbons (Fsp3) is 0.733. The minimum Gasteiger partial charge on any atom is -0.0804 e. The molecule has 0 heterocycles. The van der Waals surface area contributed by atoms with E-state index in [1.54, 1.807) is 11.1 Å². The molecule has 0 aromatic heterocycles. The van der Waals surface area contributed by atoms with Gasteiger partial charge < -0.3 is 0 Å². The Hall–Kier alpha value is -0.520. The summed E-state index contributed by atoms with van der Waals surface area (Å²) in [7, 11) is 0. The first-order valence-electron chi connectivity index (χ1n) is 6.47. The van der Waals surface area contributed by atoms with Crippen LogP contribution in [-0.4, -0.2) is 0 Å². The first-order chi connectivity index (χ1) is 7.09. The molecule has 0 saturated heterocycles. The smallest absolute Gasteiger partial charge is 0.00129 e. The Morgan fingerprint density at radius 3 is 2.67 bits per heavy atom. The van der Waals surface area contributed by atoms with Gasteiger partial charge in [-0.25, -0.2) is 0 Å². The van der Waals surface area contributed by atoms with E-state index in [-0.39, 0.29) is 0 Å². The van der Waals surface area contributed by atoms with Crippen molar-refractivity contribution < 1.29 is 0 Å². The lowest BCUT2D eigenvalue weighted by molar-refractivity contribution is 0.234.